The molecule has 8 heteroatoms. The van der Waals surface area contributed by atoms with Crippen LogP contribution in [0, 0.1) is 6.92 Å². The lowest BCUT2D eigenvalue weighted by Gasteiger charge is -2.13. The number of pyridine rings is 1. The third kappa shape index (κ3) is 4.93. The van der Waals surface area contributed by atoms with Crippen LogP contribution in [0.5, 0.6) is 11.6 Å². The first kappa shape index (κ1) is 24.2. The summed E-state index contributed by atoms with van der Waals surface area (Å²) in [7, 11) is 0. The van der Waals surface area contributed by atoms with E-state index in [1.165, 1.54) is 21.7 Å². The van der Waals surface area contributed by atoms with Crippen molar-refractivity contribution in [3.63, 3.8) is 0 Å². The average Bonchev–Trinajstić information content (AvgIpc) is 3.10. The van der Waals surface area contributed by atoms with Gasteiger partial charge < -0.3 is 4.74 Å². The van der Waals surface area contributed by atoms with E-state index in [9.17, 15) is 9.59 Å². The topological polar surface area (TPSA) is 63.9 Å². The van der Waals surface area contributed by atoms with Gasteiger partial charge in [0.15, 0.2) is 0 Å². The molecule has 0 unspecified atom stereocenters. The van der Waals surface area contributed by atoms with E-state index < -0.39 is 0 Å². The minimum Gasteiger partial charge on any atom is -0.438 e. The average molecular weight is 494 g/mol. The van der Waals surface area contributed by atoms with Crippen molar-refractivity contribution in [2.75, 3.05) is 6.54 Å². The van der Waals surface area contributed by atoms with E-state index in [0.29, 0.717) is 27.2 Å². The van der Waals surface area contributed by atoms with Crippen LogP contribution < -0.4 is 10.3 Å². The second-order valence-electron chi connectivity index (χ2n) is 8.16. The number of aryl methyl sites for hydroxylation is 2. The summed E-state index contributed by atoms with van der Waals surface area (Å²) in [5, 5.41) is 0. The Balaban J connectivity index is 1.78. The number of thiocarbonyl (C=S) groups is 1. The highest BCUT2D eigenvalue weighted by Crippen LogP contribution is 2.34. The van der Waals surface area contributed by atoms with Gasteiger partial charge in [-0.05, 0) is 55.2 Å². The molecule has 3 heterocycles. The highest BCUT2D eigenvalue weighted by Gasteiger charge is 2.32. The third-order valence-electron chi connectivity index (χ3n) is 5.73. The Bertz CT molecular complexity index is 1330. The predicted molar refractivity (Wildman–Crippen MR) is 141 cm³/mol. The van der Waals surface area contributed by atoms with Crippen molar-refractivity contribution in [1.82, 2.24) is 14.3 Å². The van der Waals surface area contributed by atoms with Crippen molar-refractivity contribution >= 4 is 45.9 Å². The number of aromatic nitrogens is 2. The quantitative estimate of drug-likeness (QED) is 0.226. The van der Waals surface area contributed by atoms with Crippen LogP contribution in [-0.2, 0) is 11.2 Å². The molecule has 1 fully saturated rings. The smallest absolute Gasteiger partial charge is 0.269 e. The molecule has 0 spiro atoms. The molecule has 1 amide bonds. The SMILES string of the molecule is CCCCCN1C(=O)/C(=C\c2c(Oc3ccc(CC)cc3)nc3c(C)cccn3c2=O)SC1=S. The molecular formula is C26H27N3O3S2. The number of thioether (sulfide) groups is 1. The molecule has 0 radical (unpaired) electrons. The Kier molecular flexibility index (Phi) is 7.48. The molecule has 0 atom stereocenters. The van der Waals surface area contributed by atoms with Crippen molar-refractivity contribution in [3.05, 3.63) is 74.5 Å². The molecule has 6 nitrogen and oxygen atoms in total. The van der Waals surface area contributed by atoms with Crippen LogP contribution in [-0.4, -0.2) is 31.1 Å². The first-order valence-electron chi connectivity index (χ1n) is 11.5. The zero-order valence-corrected chi connectivity index (χ0v) is 21.2. The van der Waals surface area contributed by atoms with E-state index in [-0.39, 0.29) is 22.9 Å². The Labute approximate surface area is 208 Å². The maximum atomic E-state index is 13.5. The van der Waals surface area contributed by atoms with Crippen LogP contribution >= 0.6 is 24.0 Å². The highest BCUT2D eigenvalue weighted by atomic mass is 32.2. The lowest BCUT2D eigenvalue weighted by molar-refractivity contribution is -0.122. The molecule has 0 saturated carbocycles. The van der Waals surface area contributed by atoms with Crippen molar-refractivity contribution in [1.29, 1.82) is 0 Å². The first-order valence-corrected chi connectivity index (χ1v) is 12.7. The number of benzene rings is 1. The molecule has 0 N–H and O–H groups in total. The van der Waals surface area contributed by atoms with Gasteiger partial charge in [-0.15, -0.1) is 0 Å². The van der Waals surface area contributed by atoms with E-state index in [2.05, 4.69) is 18.8 Å². The van der Waals surface area contributed by atoms with Gasteiger partial charge in [0, 0.05) is 12.7 Å². The molecule has 2 aromatic heterocycles. The maximum Gasteiger partial charge on any atom is 0.269 e. The summed E-state index contributed by atoms with van der Waals surface area (Å²) >= 11 is 6.66. The van der Waals surface area contributed by atoms with Crippen LogP contribution in [0.25, 0.3) is 11.7 Å². The number of amides is 1. The number of hydrogen-bond acceptors (Lipinski definition) is 6. The highest BCUT2D eigenvalue weighted by molar-refractivity contribution is 8.26. The number of ether oxygens (including phenoxy) is 1. The molecule has 1 aliphatic heterocycles. The second-order valence-corrected chi connectivity index (χ2v) is 9.84. The molecule has 1 aromatic carbocycles. The van der Waals surface area contributed by atoms with Gasteiger partial charge in [0.1, 0.15) is 21.3 Å². The molecule has 4 rings (SSSR count). The summed E-state index contributed by atoms with van der Waals surface area (Å²) in [5.74, 6) is 0.557. The standard InChI is InChI=1S/C26H27N3O3S2/c1-4-6-7-14-29-25(31)21(34-26(29)33)16-20-23(32-19-12-10-18(5-2)11-13-19)27-22-17(3)9-8-15-28(22)24(20)30/h8-13,15-16H,4-7,14H2,1-3H3/b21-16+. The second kappa shape index (κ2) is 10.5. The predicted octanol–water partition coefficient (Wildman–Crippen LogP) is 5.75. The molecule has 1 saturated heterocycles. The molecule has 3 aromatic rings. The summed E-state index contributed by atoms with van der Waals surface area (Å²) in [6, 6.07) is 11.4. The number of fused-ring (bicyclic) bond motifs is 1. The van der Waals surface area contributed by atoms with Gasteiger partial charge in [0.2, 0.25) is 5.88 Å². The molecule has 0 bridgehead atoms. The number of nitrogens with zero attached hydrogens (tertiary/aromatic N) is 3. The number of carbonyl (C=O) groups is 1. The Hall–Kier alpha value is -2.97. The van der Waals surface area contributed by atoms with Crippen molar-refractivity contribution in [2.45, 2.75) is 46.5 Å². The van der Waals surface area contributed by atoms with Crippen molar-refractivity contribution < 1.29 is 9.53 Å². The molecule has 34 heavy (non-hydrogen) atoms. The summed E-state index contributed by atoms with van der Waals surface area (Å²) in [5.41, 5.74) is 2.46. The molecule has 0 aliphatic carbocycles. The lowest BCUT2D eigenvalue weighted by Crippen LogP contribution is -2.29. The number of rotatable bonds is 8. The van der Waals surface area contributed by atoms with Gasteiger partial charge in [0.05, 0.1) is 4.91 Å². The fourth-order valence-corrected chi connectivity index (χ4v) is 5.03. The van der Waals surface area contributed by atoms with Gasteiger partial charge in [-0.3, -0.25) is 18.9 Å². The Morgan fingerprint density at radius 2 is 1.88 bits per heavy atom. The van der Waals surface area contributed by atoms with Gasteiger partial charge >= 0.3 is 0 Å². The third-order valence-corrected chi connectivity index (χ3v) is 7.11. The molecule has 1 aliphatic rings. The maximum absolute atomic E-state index is 13.5. The summed E-state index contributed by atoms with van der Waals surface area (Å²) < 4.78 is 8.09. The van der Waals surface area contributed by atoms with Crippen LogP contribution in [0.15, 0.2) is 52.3 Å². The van der Waals surface area contributed by atoms with Gasteiger partial charge in [-0.25, -0.2) is 0 Å². The van der Waals surface area contributed by atoms with E-state index in [1.54, 1.807) is 23.2 Å². The Morgan fingerprint density at radius 1 is 1.12 bits per heavy atom. The summed E-state index contributed by atoms with van der Waals surface area (Å²) in [4.78, 5) is 33.2. The number of hydrogen-bond donors (Lipinski definition) is 0. The van der Waals surface area contributed by atoms with Crippen LogP contribution in [0.3, 0.4) is 0 Å². The number of carbonyl (C=O) groups excluding carboxylic acids is 1. The van der Waals surface area contributed by atoms with Crippen molar-refractivity contribution in [2.24, 2.45) is 0 Å². The minimum absolute atomic E-state index is 0.166. The Morgan fingerprint density at radius 3 is 2.59 bits per heavy atom. The summed E-state index contributed by atoms with van der Waals surface area (Å²) in [6.07, 6.45) is 7.13. The van der Waals surface area contributed by atoms with Crippen LogP contribution in [0.4, 0.5) is 0 Å². The first-order chi connectivity index (χ1) is 16.4. The fourth-order valence-electron chi connectivity index (χ4n) is 3.74. The van der Waals surface area contributed by atoms with E-state index in [0.717, 1.165) is 31.2 Å². The van der Waals surface area contributed by atoms with Crippen LogP contribution in [0.2, 0.25) is 0 Å². The zero-order chi connectivity index (χ0) is 24.2. The van der Waals surface area contributed by atoms with Crippen LogP contribution in [0.1, 0.15) is 49.8 Å². The van der Waals surface area contributed by atoms with E-state index >= 15 is 0 Å². The van der Waals surface area contributed by atoms with E-state index in [1.807, 2.05) is 37.3 Å². The molecule has 176 valence electrons. The zero-order valence-electron chi connectivity index (χ0n) is 19.5. The minimum atomic E-state index is -0.301. The largest absolute Gasteiger partial charge is 0.438 e. The monoisotopic (exact) mass is 493 g/mol. The number of unbranched alkanes of at least 4 members (excludes halogenated alkanes) is 2. The van der Waals surface area contributed by atoms with Gasteiger partial charge in [0.25, 0.3) is 11.5 Å². The fraction of sp³-hybridized carbons (Fsp3) is 0.308. The van der Waals surface area contributed by atoms with Crippen molar-refractivity contribution in [3.8, 4) is 11.6 Å². The summed E-state index contributed by atoms with van der Waals surface area (Å²) in [6.45, 7) is 6.67. The van der Waals surface area contributed by atoms with E-state index in [4.69, 9.17) is 17.0 Å². The normalized spacial score (nSPS) is 15.0. The van der Waals surface area contributed by atoms with Gasteiger partial charge in [-0.2, -0.15) is 4.98 Å². The lowest BCUT2D eigenvalue weighted by atomic mass is 10.2. The molecular weight excluding hydrogens is 466 g/mol. The van der Waals surface area contributed by atoms with Gasteiger partial charge in [-0.1, -0.05) is 68.9 Å².